The maximum absolute atomic E-state index is 10.9. The van der Waals surface area contributed by atoms with E-state index in [4.69, 9.17) is 0 Å². The molecular formula is C11H6NO3S-. The van der Waals surface area contributed by atoms with Crippen molar-refractivity contribution in [2.45, 2.75) is 4.90 Å². The number of benzene rings is 2. The number of rotatable bonds is 2. The molecule has 16 heavy (non-hydrogen) atoms. The van der Waals surface area contributed by atoms with Gasteiger partial charge in [0.15, 0.2) is 0 Å². The minimum absolute atomic E-state index is 0.104. The fourth-order valence-corrected chi connectivity index (χ4v) is 1.93. The third-order valence-electron chi connectivity index (χ3n) is 2.17. The van der Waals surface area contributed by atoms with Crippen LogP contribution in [0.5, 0.6) is 0 Å². The average Bonchev–Trinajstić information content (AvgIpc) is 2.29. The second-order valence-electron chi connectivity index (χ2n) is 3.10. The Bertz CT molecular complexity index is 618. The molecule has 0 N–H and O–H groups in total. The smallest absolute Gasteiger partial charge is 0.240 e. The number of isocyanates is 1. The van der Waals surface area contributed by atoms with Crippen LogP contribution in [0.15, 0.2) is 46.3 Å². The Morgan fingerprint density at radius 2 is 2.00 bits per heavy atom. The summed E-state index contributed by atoms with van der Waals surface area (Å²) in [6.07, 6.45) is 1.42. The Kier molecular flexibility index (Phi) is 2.92. The third-order valence-corrected chi connectivity index (χ3v) is 2.79. The van der Waals surface area contributed by atoms with E-state index in [9.17, 15) is 13.6 Å². The van der Waals surface area contributed by atoms with Crippen molar-refractivity contribution < 1.29 is 13.6 Å². The van der Waals surface area contributed by atoms with E-state index in [1.807, 2.05) is 0 Å². The minimum atomic E-state index is -2.34. The quantitative estimate of drug-likeness (QED) is 0.452. The van der Waals surface area contributed by atoms with Gasteiger partial charge in [-0.15, -0.1) is 0 Å². The van der Waals surface area contributed by atoms with E-state index in [1.165, 1.54) is 18.2 Å². The van der Waals surface area contributed by atoms with E-state index in [0.717, 1.165) is 10.8 Å². The Labute approximate surface area is 93.9 Å². The van der Waals surface area contributed by atoms with E-state index < -0.39 is 11.1 Å². The van der Waals surface area contributed by atoms with E-state index in [2.05, 4.69) is 4.99 Å². The predicted molar refractivity (Wildman–Crippen MR) is 58.9 cm³/mol. The van der Waals surface area contributed by atoms with Crippen molar-refractivity contribution in [2.24, 2.45) is 4.99 Å². The molecule has 0 saturated heterocycles. The molecule has 1 atom stereocenters. The largest absolute Gasteiger partial charge is 0.768 e. The molecule has 1 unspecified atom stereocenters. The minimum Gasteiger partial charge on any atom is -0.768 e. The van der Waals surface area contributed by atoms with Crippen molar-refractivity contribution in [1.29, 1.82) is 0 Å². The van der Waals surface area contributed by atoms with Gasteiger partial charge in [0.2, 0.25) is 6.08 Å². The zero-order valence-electron chi connectivity index (χ0n) is 8.04. The lowest BCUT2D eigenvalue weighted by Gasteiger charge is -2.08. The van der Waals surface area contributed by atoms with Crippen LogP contribution in [0.2, 0.25) is 0 Å². The highest BCUT2D eigenvalue weighted by molar-refractivity contribution is 7.79. The molecule has 2 aromatic rings. The first-order valence-corrected chi connectivity index (χ1v) is 5.50. The maximum atomic E-state index is 10.9. The van der Waals surface area contributed by atoms with Crippen molar-refractivity contribution >= 4 is 33.6 Å². The molecule has 0 aliphatic heterocycles. The normalized spacial score (nSPS) is 12.1. The van der Waals surface area contributed by atoms with Gasteiger partial charge in [0.25, 0.3) is 0 Å². The van der Waals surface area contributed by atoms with Crippen LogP contribution in [0, 0.1) is 0 Å². The van der Waals surface area contributed by atoms with E-state index in [1.54, 1.807) is 24.3 Å². The molecule has 0 aromatic heterocycles. The van der Waals surface area contributed by atoms with Gasteiger partial charge in [-0.05, 0) is 28.6 Å². The van der Waals surface area contributed by atoms with Crippen molar-refractivity contribution in [1.82, 2.24) is 0 Å². The van der Waals surface area contributed by atoms with Crippen LogP contribution in [-0.2, 0) is 15.9 Å². The van der Waals surface area contributed by atoms with Crippen molar-refractivity contribution in [3.05, 3.63) is 36.4 Å². The number of hydrogen-bond donors (Lipinski definition) is 0. The Morgan fingerprint density at radius 1 is 1.25 bits per heavy atom. The van der Waals surface area contributed by atoms with Crippen LogP contribution in [-0.4, -0.2) is 14.8 Å². The first-order chi connectivity index (χ1) is 7.72. The van der Waals surface area contributed by atoms with Crippen LogP contribution in [0.3, 0.4) is 0 Å². The topological polar surface area (TPSA) is 69.6 Å². The van der Waals surface area contributed by atoms with Crippen LogP contribution < -0.4 is 0 Å². The SMILES string of the molecule is O=C=Nc1cc(S(=O)[O-])cc2ccccc12. The Hall–Kier alpha value is -1.81. The molecule has 5 heteroatoms. The Morgan fingerprint density at radius 3 is 2.69 bits per heavy atom. The molecule has 2 aromatic carbocycles. The molecule has 0 aliphatic rings. The summed E-state index contributed by atoms with van der Waals surface area (Å²) in [5.41, 5.74) is 0.312. The summed E-state index contributed by atoms with van der Waals surface area (Å²) in [6, 6.07) is 9.98. The molecule has 4 nitrogen and oxygen atoms in total. The van der Waals surface area contributed by atoms with Crippen molar-refractivity contribution in [3.63, 3.8) is 0 Å². The van der Waals surface area contributed by atoms with Crippen LogP contribution >= 0.6 is 0 Å². The molecule has 0 fully saturated rings. The molecule has 0 radical (unpaired) electrons. The highest BCUT2D eigenvalue weighted by Gasteiger charge is 2.03. The highest BCUT2D eigenvalue weighted by Crippen LogP contribution is 2.28. The van der Waals surface area contributed by atoms with Gasteiger partial charge < -0.3 is 4.55 Å². The molecule has 2 rings (SSSR count). The summed E-state index contributed by atoms with van der Waals surface area (Å²) < 4.78 is 21.7. The van der Waals surface area contributed by atoms with Gasteiger partial charge in [-0.1, -0.05) is 24.3 Å². The second-order valence-corrected chi connectivity index (χ2v) is 4.04. The lowest BCUT2D eigenvalue weighted by atomic mass is 10.1. The lowest BCUT2D eigenvalue weighted by Crippen LogP contribution is -1.88. The van der Waals surface area contributed by atoms with Crippen LogP contribution in [0.1, 0.15) is 0 Å². The molecule has 0 heterocycles. The predicted octanol–water partition coefficient (Wildman–Crippen LogP) is 2.05. The number of aliphatic imine (C=N–C) groups is 1. The number of fused-ring (bicyclic) bond motifs is 1. The number of nitrogens with zero attached hydrogens (tertiary/aromatic N) is 1. The average molecular weight is 232 g/mol. The van der Waals surface area contributed by atoms with Gasteiger partial charge in [-0.3, -0.25) is 4.21 Å². The molecular weight excluding hydrogens is 226 g/mol. The van der Waals surface area contributed by atoms with Gasteiger partial charge in [-0.25, -0.2) is 4.79 Å². The third kappa shape index (κ3) is 1.92. The first kappa shape index (κ1) is 10.7. The zero-order chi connectivity index (χ0) is 11.5. The summed E-state index contributed by atoms with van der Waals surface area (Å²) >= 11 is -2.34. The summed E-state index contributed by atoms with van der Waals surface area (Å²) in [5, 5.41) is 1.44. The summed E-state index contributed by atoms with van der Waals surface area (Å²) in [5.74, 6) is 0. The first-order valence-electron chi connectivity index (χ1n) is 4.42. The van der Waals surface area contributed by atoms with Gasteiger partial charge in [0.1, 0.15) is 0 Å². The van der Waals surface area contributed by atoms with E-state index >= 15 is 0 Å². The molecule has 0 spiro atoms. The molecule has 0 bridgehead atoms. The second kappa shape index (κ2) is 4.37. The van der Waals surface area contributed by atoms with Gasteiger partial charge in [-0.2, -0.15) is 4.99 Å². The monoisotopic (exact) mass is 232 g/mol. The molecule has 80 valence electrons. The summed E-state index contributed by atoms with van der Waals surface area (Å²) in [6.45, 7) is 0. The van der Waals surface area contributed by atoms with Crippen LogP contribution in [0.25, 0.3) is 10.8 Å². The number of carbonyl (C=O) groups excluding carboxylic acids is 1. The fraction of sp³-hybridized carbons (Fsp3) is 0. The fourth-order valence-electron chi connectivity index (χ4n) is 1.50. The molecule has 0 saturated carbocycles. The molecule has 0 amide bonds. The summed E-state index contributed by atoms with van der Waals surface area (Å²) in [7, 11) is 0. The zero-order valence-corrected chi connectivity index (χ0v) is 8.86. The Balaban J connectivity index is 2.83. The highest BCUT2D eigenvalue weighted by atomic mass is 32.2. The van der Waals surface area contributed by atoms with Crippen molar-refractivity contribution in [2.75, 3.05) is 0 Å². The standard InChI is InChI=1S/C11H7NO3S/c13-7-12-11-6-9(16(14)15)5-8-3-1-2-4-10(8)11/h1-6H,(H,14,15)/p-1. The van der Waals surface area contributed by atoms with Gasteiger partial charge in [0.05, 0.1) is 5.69 Å². The van der Waals surface area contributed by atoms with Gasteiger partial charge in [0, 0.05) is 10.3 Å². The lowest BCUT2D eigenvalue weighted by molar-refractivity contribution is 0.537. The van der Waals surface area contributed by atoms with Crippen LogP contribution in [0.4, 0.5) is 5.69 Å². The number of hydrogen-bond acceptors (Lipinski definition) is 4. The van der Waals surface area contributed by atoms with Crippen molar-refractivity contribution in [3.8, 4) is 0 Å². The van der Waals surface area contributed by atoms with E-state index in [-0.39, 0.29) is 4.90 Å². The summed E-state index contributed by atoms with van der Waals surface area (Å²) in [4.78, 5) is 13.9. The maximum Gasteiger partial charge on any atom is 0.240 e. The molecule has 0 aliphatic carbocycles. The van der Waals surface area contributed by atoms with E-state index in [0.29, 0.717) is 5.69 Å². The van der Waals surface area contributed by atoms with Gasteiger partial charge >= 0.3 is 0 Å².